The summed E-state index contributed by atoms with van der Waals surface area (Å²) in [6.07, 6.45) is 1.48. The third-order valence-electron chi connectivity index (χ3n) is 3.26. The molecule has 0 radical (unpaired) electrons. The van der Waals surface area contributed by atoms with Gasteiger partial charge in [0.25, 0.3) is 0 Å². The molecule has 2 N–H and O–H groups in total. The lowest BCUT2D eigenvalue weighted by molar-refractivity contribution is 0.393. The number of nitrogens with two attached hydrogens (primary N) is 1. The molecule has 1 aromatic carbocycles. The van der Waals surface area contributed by atoms with E-state index in [1.54, 1.807) is 6.07 Å². The Kier molecular flexibility index (Phi) is 3.85. The molecular formula is C12H14FN3O2S. The summed E-state index contributed by atoms with van der Waals surface area (Å²) in [6, 6.07) is 4.66. The predicted molar refractivity (Wildman–Crippen MR) is 67.1 cm³/mol. The van der Waals surface area contributed by atoms with Gasteiger partial charge < -0.3 is 5.73 Å². The van der Waals surface area contributed by atoms with E-state index < -0.39 is 15.8 Å². The summed E-state index contributed by atoms with van der Waals surface area (Å²) in [7, 11) is -3.71. The van der Waals surface area contributed by atoms with Crippen LogP contribution in [0, 0.1) is 17.1 Å². The smallest absolute Gasteiger partial charge is 0.243 e. The highest BCUT2D eigenvalue weighted by molar-refractivity contribution is 7.89. The number of rotatable bonds is 3. The van der Waals surface area contributed by atoms with Gasteiger partial charge in [-0.25, -0.2) is 12.8 Å². The SMILES string of the molecule is N#Cc1cc(S(=O)(=O)N2CCCC2CN)ccc1F. The zero-order valence-electron chi connectivity index (χ0n) is 10.2. The summed E-state index contributed by atoms with van der Waals surface area (Å²) in [5, 5.41) is 8.75. The molecule has 1 aliphatic heterocycles. The topological polar surface area (TPSA) is 87.2 Å². The number of hydrogen-bond acceptors (Lipinski definition) is 4. The summed E-state index contributed by atoms with van der Waals surface area (Å²) in [6.45, 7) is 0.662. The fraction of sp³-hybridized carbons (Fsp3) is 0.417. The van der Waals surface area contributed by atoms with Crippen molar-refractivity contribution >= 4 is 10.0 Å². The average molecular weight is 283 g/mol. The molecule has 1 unspecified atom stereocenters. The van der Waals surface area contributed by atoms with E-state index in [0.29, 0.717) is 6.54 Å². The van der Waals surface area contributed by atoms with Crippen molar-refractivity contribution in [3.63, 3.8) is 0 Å². The largest absolute Gasteiger partial charge is 0.329 e. The number of hydrogen-bond donors (Lipinski definition) is 1. The molecular weight excluding hydrogens is 269 g/mol. The first-order valence-electron chi connectivity index (χ1n) is 5.92. The molecule has 5 nitrogen and oxygen atoms in total. The van der Waals surface area contributed by atoms with Gasteiger partial charge in [-0.15, -0.1) is 0 Å². The van der Waals surface area contributed by atoms with Crippen LogP contribution in [-0.2, 0) is 10.0 Å². The maximum Gasteiger partial charge on any atom is 0.243 e. The van der Waals surface area contributed by atoms with Crippen molar-refractivity contribution < 1.29 is 12.8 Å². The maximum atomic E-state index is 13.2. The van der Waals surface area contributed by atoms with E-state index in [1.807, 2.05) is 0 Å². The molecule has 0 amide bonds. The van der Waals surface area contributed by atoms with Crippen LogP contribution in [0.1, 0.15) is 18.4 Å². The molecule has 102 valence electrons. The Balaban J connectivity index is 2.43. The Morgan fingerprint density at radius 2 is 2.26 bits per heavy atom. The number of benzene rings is 1. The van der Waals surface area contributed by atoms with Crippen molar-refractivity contribution in [2.45, 2.75) is 23.8 Å². The molecule has 0 aliphatic carbocycles. The fourth-order valence-corrected chi connectivity index (χ4v) is 3.98. The predicted octanol–water partition coefficient (Wildman–Crippen LogP) is 0.809. The Labute approximate surface area is 111 Å². The van der Waals surface area contributed by atoms with Gasteiger partial charge in [0.15, 0.2) is 0 Å². The minimum atomic E-state index is -3.71. The first-order valence-corrected chi connectivity index (χ1v) is 7.36. The van der Waals surface area contributed by atoms with Crippen LogP contribution in [0.3, 0.4) is 0 Å². The molecule has 19 heavy (non-hydrogen) atoms. The lowest BCUT2D eigenvalue weighted by Crippen LogP contribution is -2.39. The zero-order chi connectivity index (χ0) is 14.0. The van der Waals surface area contributed by atoms with Gasteiger partial charge in [0, 0.05) is 19.1 Å². The molecule has 0 spiro atoms. The van der Waals surface area contributed by atoms with E-state index in [2.05, 4.69) is 0 Å². The van der Waals surface area contributed by atoms with Gasteiger partial charge in [-0.1, -0.05) is 0 Å². The van der Waals surface area contributed by atoms with Crippen LogP contribution in [0.4, 0.5) is 4.39 Å². The normalized spacial score (nSPS) is 20.4. The van der Waals surface area contributed by atoms with Crippen LogP contribution in [0.15, 0.2) is 23.1 Å². The molecule has 1 aliphatic rings. The van der Waals surface area contributed by atoms with Gasteiger partial charge in [-0.2, -0.15) is 9.57 Å². The Bertz CT molecular complexity index is 624. The molecule has 0 bridgehead atoms. The Morgan fingerprint density at radius 3 is 2.89 bits per heavy atom. The summed E-state index contributed by atoms with van der Waals surface area (Å²) in [5.74, 6) is -0.724. The Hall–Kier alpha value is -1.49. The molecule has 0 aromatic heterocycles. The van der Waals surface area contributed by atoms with Gasteiger partial charge in [-0.05, 0) is 31.0 Å². The van der Waals surface area contributed by atoms with E-state index in [0.717, 1.165) is 25.0 Å². The van der Waals surface area contributed by atoms with E-state index in [4.69, 9.17) is 11.0 Å². The van der Waals surface area contributed by atoms with Crippen molar-refractivity contribution in [1.29, 1.82) is 5.26 Å². The zero-order valence-corrected chi connectivity index (χ0v) is 11.0. The lowest BCUT2D eigenvalue weighted by atomic mass is 10.2. The highest BCUT2D eigenvalue weighted by atomic mass is 32.2. The molecule has 1 aromatic rings. The van der Waals surface area contributed by atoms with E-state index >= 15 is 0 Å². The van der Waals surface area contributed by atoms with Gasteiger partial charge in [-0.3, -0.25) is 0 Å². The van der Waals surface area contributed by atoms with Crippen molar-refractivity contribution in [3.8, 4) is 6.07 Å². The molecule has 2 rings (SSSR count). The fourth-order valence-electron chi connectivity index (χ4n) is 2.25. The van der Waals surface area contributed by atoms with Crippen molar-refractivity contribution in [2.24, 2.45) is 5.73 Å². The van der Waals surface area contributed by atoms with E-state index in [1.165, 1.54) is 10.4 Å². The van der Waals surface area contributed by atoms with E-state index in [9.17, 15) is 12.8 Å². The molecule has 1 fully saturated rings. The number of halogens is 1. The second-order valence-electron chi connectivity index (χ2n) is 4.40. The average Bonchev–Trinajstić information content (AvgIpc) is 2.88. The van der Waals surface area contributed by atoms with Crippen molar-refractivity contribution in [3.05, 3.63) is 29.6 Å². The lowest BCUT2D eigenvalue weighted by Gasteiger charge is -2.22. The first-order chi connectivity index (χ1) is 9.00. The maximum absolute atomic E-state index is 13.2. The highest BCUT2D eigenvalue weighted by Gasteiger charge is 2.34. The second-order valence-corrected chi connectivity index (χ2v) is 6.29. The number of sulfonamides is 1. The molecule has 7 heteroatoms. The summed E-state index contributed by atoms with van der Waals surface area (Å²) < 4.78 is 39.4. The van der Waals surface area contributed by atoms with Crippen molar-refractivity contribution in [2.75, 3.05) is 13.1 Å². The van der Waals surface area contributed by atoms with Gasteiger partial charge in [0.05, 0.1) is 10.5 Å². The van der Waals surface area contributed by atoms with Gasteiger partial charge >= 0.3 is 0 Å². The van der Waals surface area contributed by atoms with Crippen molar-refractivity contribution in [1.82, 2.24) is 4.31 Å². The summed E-state index contributed by atoms with van der Waals surface area (Å²) in [4.78, 5) is -0.0641. The second kappa shape index (κ2) is 5.25. The van der Waals surface area contributed by atoms with Crippen LogP contribution in [0.25, 0.3) is 0 Å². The third kappa shape index (κ3) is 2.47. The van der Waals surface area contributed by atoms with Crippen LogP contribution in [-0.4, -0.2) is 31.9 Å². The molecule has 1 saturated heterocycles. The van der Waals surface area contributed by atoms with Gasteiger partial charge in [0.1, 0.15) is 11.9 Å². The third-order valence-corrected chi connectivity index (χ3v) is 5.21. The van der Waals surface area contributed by atoms with Crippen LogP contribution in [0.2, 0.25) is 0 Å². The van der Waals surface area contributed by atoms with Gasteiger partial charge in [0.2, 0.25) is 10.0 Å². The summed E-state index contributed by atoms with van der Waals surface area (Å²) >= 11 is 0. The van der Waals surface area contributed by atoms with Crippen LogP contribution in [0.5, 0.6) is 0 Å². The van der Waals surface area contributed by atoms with Crippen LogP contribution < -0.4 is 5.73 Å². The Morgan fingerprint density at radius 1 is 1.53 bits per heavy atom. The monoisotopic (exact) mass is 283 g/mol. The first kappa shape index (κ1) is 13.9. The number of nitriles is 1. The molecule has 1 atom stereocenters. The summed E-state index contributed by atoms with van der Waals surface area (Å²) in [5.41, 5.74) is 5.29. The minimum absolute atomic E-state index is 0.0641. The molecule has 1 heterocycles. The van der Waals surface area contributed by atoms with Crippen LogP contribution >= 0.6 is 0 Å². The highest BCUT2D eigenvalue weighted by Crippen LogP contribution is 2.26. The quantitative estimate of drug-likeness (QED) is 0.889. The minimum Gasteiger partial charge on any atom is -0.329 e. The standard InChI is InChI=1S/C12H14FN3O2S/c13-12-4-3-11(6-9(12)7-14)19(17,18)16-5-1-2-10(16)8-15/h3-4,6,10H,1-2,5,8,15H2. The van der Waals surface area contributed by atoms with E-state index in [-0.39, 0.29) is 23.0 Å². The number of nitrogens with zero attached hydrogens (tertiary/aromatic N) is 2. The molecule has 0 saturated carbocycles.